The molecule has 2 aromatic rings. The fraction of sp³-hybridized carbons (Fsp3) is 0.538. The molecule has 6 heteroatoms. The fourth-order valence-corrected chi connectivity index (χ4v) is 4.12. The van der Waals surface area contributed by atoms with Gasteiger partial charge in [0.2, 0.25) is 0 Å². The van der Waals surface area contributed by atoms with Crippen LogP contribution in [0.5, 0.6) is 17.2 Å². The lowest BCUT2D eigenvalue weighted by molar-refractivity contribution is -0.0840. The summed E-state index contributed by atoms with van der Waals surface area (Å²) in [4.78, 5) is 2.45. The lowest BCUT2D eigenvalue weighted by Gasteiger charge is -2.40. The lowest BCUT2D eigenvalue weighted by Crippen LogP contribution is -2.48. The minimum atomic E-state index is -0.248. The molecule has 0 bridgehead atoms. The zero-order valence-electron chi connectivity index (χ0n) is 20.1. The Kier molecular flexibility index (Phi) is 8.79. The maximum Gasteiger partial charge on any atom is 0.161 e. The number of likely N-dealkylation sites (tertiary alicyclic amines) is 1. The van der Waals surface area contributed by atoms with Crippen molar-refractivity contribution in [1.82, 2.24) is 4.90 Å². The molecule has 0 aromatic heterocycles. The van der Waals surface area contributed by atoms with E-state index in [0.717, 1.165) is 55.3 Å². The summed E-state index contributed by atoms with van der Waals surface area (Å²) >= 11 is 0. The van der Waals surface area contributed by atoms with E-state index in [9.17, 15) is 0 Å². The van der Waals surface area contributed by atoms with Crippen LogP contribution < -0.4 is 14.2 Å². The highest BCUT2D eigenvalue weighted by atomic mass is 16.5. The minimum Gasteiger partial charge on any atom is -0.493 e. The highest BCUT2D eigenvalue weighted by Gasteiger charge is 2.35. The monoisotopic (exact) mass is 443 g/mol. The molecule has 0 aliphatic carbocycles. The van der Waals surface area contributed by atoms with Crippen LogP contribution in [0.2, 0.25) is 0 Å². The van der Waals surface area contributed by atoms with Crippen LogP contribution >= 0.6 is 0 Å². The van der Waals surface area contributed by atoms with E-state index in [1.807, 2.05) is 6.07 Å². The number of methoxy groups -OCH3 is 3. The summed E-state index contributed by atoms with van der Waals surface area (Å²) in [7, 11) is 5.13. The van der Waals surface area contributed by atoms with Gasteiger partial charge in [0.25, 0.3) is 0 Å². The smallest absolute Gasteiger partial charge is 0.161 e. The molecule has 6 nitrogen and oxygen atoms in total. The summed E-state index contributed by atoms with van der Waals surface area (Å²) in [6.07, 6.45) is 1.86. The first kappa shape index (κ1) is 24.4. The van der Waals surface area contributed by atoms with E-state index in [0.29, 0.717) is 19.8 Å². The van der Waals surface area contributed by atoms with Gasteiger partial charge in [0.1, 0.15) is 24.6 Å². The second kappa shape index (κ2) is 11.5. The number of benzene rings is 2. The number of nitrogens with zero attached hydrogens (tertiary/aromatic N) is 1. The molecule has 1 heterocycles. The molecule has 0 unspecified atom stereocenters. The molecule has 0 radical (unpaired) electrons. The average molecular weight is 444 g/mol. The fourth-order valence-electron chi connectivity index (χ4n) is 4.12. The first-order valence-corrected chi connectivity index (χ1v) is 11.2. The van der Waals surface area contributed by atoms with Crippen molar-refractivity contribution < 1.29 is 23.7 Å². The molecular weight excluding hydrogens is 406 g/mol. The number of piperidine rings is 1. The number of hydrogen-bond acceptors (Lipinski definition) is 6. The van der Waals surface area contributed by atoms with Crippen molar-refractivity contribution in [2.24, 2.45) is 0 Å². The number of aryl methyl sites for hydroxylation is 2. The maximum absolute atomic E-state index is 6.18. The molecule has 0 saturated carbocycles. The van der Waals surface area contributed by atoms with Crippen LogP contribution in [-0.2, 0) is 16.0 Å². The Morgan fingerprint density at radius 3 is 2.25 bits per heavy atom. The Morgan fingerprint density at radius 1 is 0.844 bits per heavy atom. The van der Waals surface area contributed by atoms with Crippen molar-refractivity contribution in [3.05, 3.63) is 53.1 Å². The zero-order chi connectivity index (χ0) is 23.0. The van der Waals surface area contributed by atoms with E-state index in [1.165, 1.54) is 11.1 Å². The van der Waals surface area contributed by atoms with Crippen molar-refractivity contribution in [3.63, 3.8) is 0 Å². The van der Waals surface area contributed by atoms with Crippen LogP contribution in [0.1, 0.15) is 29.5 Å². The van der Waals surface area contributed by atoms with Crippen LogP contribution in [0.15, 0.2) is 36.4 Å². The van der Waals surface area contributed by atoms with Gasteiger partial charge in [-0.3, -0.25) is 4.90 Å². The zero-order valence-corrected chi connectivity index (χ0v) is 20.1. The van der Waals surface area contributed by atoms with E-state index in [-0.39, 0.29) is 5.60 Å². The van der Waals surface area contributed by atoms with Gasteiger partial charge in [0.05, 0.1) is 13.7 Å². The van der Waals surface area contributed by atoms with Gasteiger partial charge in [-0.25, -0.2) is 0 Å². The second-order valence-electron chi connectivity index (χ2n) is 8.55. The Bertz CT molecular complexity index is 861. The van der Waals surface area contributed by atoms with Gasteiger partial charge in [0.15, 0.2) is 11.5 Å². The maximum atomic E-state index is 6.18. The molecule has 176 valence electrons. The van der Waals surface area contributed by atoms with Crippen molar-refractivity contribution in [3.8, 4) is 17.2 Å². The van der Waals surface area contributed by atoms with Crippen molar-refractivity contribution in [2.45, 2.75) is 38.8 Å². The summed E-state index contributed by atoms with van der Waals surface area (Å²) in [6, 6.07) is 12.4. The molecule has 1 saturated heterocycles. The average Bonchev–Trinajstić information content (AvgIpc) is 2.80. The molecule has 2 aromatic carbocycles. The Hall–Kier alpha value is -2.28. The highest BCUT2D eigenvalue weighted by molar-refractivity contribution is 5.43. The lowest BCUT2D eigenvalue weighted by atomic mass is 9.91. The van der Waals surface area contributed by atoms with Gasteiger partial charge in [-0.2, -0.15) is 0 Å². The van der Waals surface area contributed by atoms with Crippen LogP contribution in [0.3, 0.4) is 0 Å². The molecule has 0 spiro atoms. The molecule has 1 fully saturated rings. The predicted molar refractivity (Wildman–Crippen MR) is 126 cm³/mol. The summed E-state index contributed by atoms with van der Waals surface area (Å²) in [6.45, 7) is 8.57. The first-order chi connectivity index (χ1) is 15.5. The summed E-state index contributed by atoms with van der Waals surface area (Å²) in [5, 5.41) is 0. The molecule has 0 atom stereocenters. The van der Waals surface area contributed by atoms with Gasteiger partial charge >= 0.3 is 0 Å². The third-order valence-corrected chi connectivity index (χ3v) is 6.20. The third kappa shape index (κ3) is 6.37. The third-order valence-electron chi connectivity index (χ3n) is 6.20. The largest absolute Gasteiger partial charge is 0.493 e. The summed E-state index contributed by atoms with van der Waals surface area (Å²) in [5.41, 5.74) is 3.36. The Morgan fingerprint density at radius 2 is 1.59 bits per heavy atom. The van der Waals surface area contributed by atoms with Crippen molar-refractivity contribution in [1.29, 1.82) is 0 Å². The molecule has 3 rings (SSSR count). The van der Waals surface area contributed by atoms with E-state index in [2.05, 4.69) is 49.1 Å². The quantitative estimate of drug-likeness (QED) is 0.480. The van der Waals surface area contributed by atoms with Crippen molar-refractivity contribution >= 4 is 0 Å². The first-order valence-electron chi connectivity index (χ1n) is 11.2. The van der Waals surface area contributed by atoms with Crippen LogP contribution in [0.4, 0.5) is 0 Å². The molecule has 32 heavy (non-hydrogen) atoms. The van der Waals surface area contributed by atoms with E-state index < -0.39 is 0 Å². The molecule has 0 N–H and O–H groups in total. The van der Waals surface area contributed by atoms with E-state index >= 15 is 0 Å². The Labute approximate surface area is 192 Å². The highest BCUT2D eigenvalue weighted by Crippen LogP contribution is 2.31. The normalized spacial score (nSPS) is 16.0. The molecule has 1 aliphatic rings. The minimum absolute atomic E-state index is 0.248. The predicted octanol–water partition coefficient (Wildman–Crippen LogP) is 4.40. The van der Waals surface area contributed by atoms with Gasteiger partial charge in [-0.05, 0) is 56.0 Å². The SMILES string of the molecule is COCCOc1cc(CN2CCC(COc3ccc(C)cc3C)(OC)CC2)ccc1OC. The number of hydrogen-bond donors (Lipinski definition) is 0. The van der Waals surface area contributed by atoms with Gasteiger partial charge in [-0.1, -0.05) is 23.8 Å². The molecular formula is C26H37NO5. The van der Waals surface area contributed by atoms with Crippen LogP contribution in [-0.4, -0.2) is 64.7 Å². The number of ether oxygens (including phenoxy) is 5. The summed E-state index contributed by atoms with van der Waals surface area (Å²) < 4.78 is 28.5. The van der Waals surface area contributed by atoms with E-state index in [1.54, 1.807) is 21.3 Å². The summed E-state index contributed by atoms with van der Waals surface area (Å²) in [5.74, 6) is 2.44. The van der Waals surface area contributed by atoms with E-state index in [4.69, 9.17) is 23.7 Å². The topological polar surface area (TPSA) is 49.4 Å². The van der Waals surface area contributed by atoms with Gasteiger partial charge < -0.3 is 23.7 Å². The van der Waals surface area contributed by atoms with Gasteiger partial charge in [0, 0.05) is 33.9 Å². The number of rotatable bonds is 11. The van der Waals surface area contributed by atoms with Gasteiger partial charge in [-0.15, -0.1) is 0 Å². The molecule has 1 aliphatic heterocycles. The van der Waals surface area contributed by atoms with Crippen molar-refractivity contribution in [2.75, 3.05) is 54.2 Å². The van der Waals surface area contributed by atoms with Crippen LogP contribution in [0.25, 0.3) is 0 Å². The second-order valence-corrected chi connectivity index (χ2v) is 8.55. The molecule has 0 amide bonds. The standard InChI is InChI=1S/C26H37NO5/c1-20-6-8-23(21(2)16-20)32-19-26(30-5)10-12-27(13-11-26)18-22-7-9-24(29-4)25(17-22)31-15-14-28-3/h6-9,16-17H,10-15,18-19H2,1-5H3. The Balaban J connectivity index is 1.56. The van der Waals surface area contributed by atoms with Crippen LogP contribution in [0, 0.1) is 13.8 Å².